The predicted molar refractivity (Wildman–Crippen MR) is 100 cm³/mol. The molecule has 1 aliphatic rings. The second-order valence-corrected chi connectivity index (χ2v) is 6.44. The second-order valence-electron chi connectivity index (χ2n) is 6.44. The predicted octanol–water partition coefficient (Wildman–Crippen LogP) is 2.87. The number of hydrogen-bond acceptors (Lipinski definition) is 5. The summed E-state index contributed by atoms with van der Waals surface area (Å²) in [5.41, 5.74) is 0.519. The van der Waals surface area contributed by atoms with E-state index in [2.05, 4.69) is 0 Å². The van der Waals surface area contributed by atoms with E-state index in [1.807, 2.05) is 6.92 Å². The summed E-state index contributed by atoms with van der Waals surface area (Å²) in [5, 5.41) is 9.50. The minimum Gasteiger partial charge on any atom is -0.494 e. The van der Waals surface area contributed by atoms with Crippen LogP contribution in [0.4, 0.5) is 4.39 Å². The number of carbonyl (C=O) groups excluding carboxylic acids is 1. The lowest BCUT2D eigenvalue weighted by Crippen LogP contribution is -2.32. The van der Waals surface area contributed by atoms with E-state index in [0.29, 0.717) is 17.9 Å². The summed E-state index contributed by atoms with van der Waals surface area (Å²) in [5.74, 6) is -0.450. The van der Waals surface area contributed by atoms with Crippen molar-refractivity contribution in [3.8, 4) is 5.75 Å². The molecule has 3 aromatic rings. The molecule has 0 aliphatic carbocycles. The first-order valence-corrected chi connectivity index (χ1v) is 8.96. The lowest BCUT2D eigenvalue weighted by molar-refractivity contribution is 0.0691. The van der Waals surface area contributed by atoms with Crippen molar-refractivity contribution in [2.24, 2.45) is 0 Å². The van der Waals surface area contributed by atoms with Gasteiger partial charge in [0.1, 0.15) is 17.1 Å². The molecule has 4 rings (SSSR count). The highest BCUT2D eigenvalue weighted by molar-refractivity contribution is 5.99. The quantitative estimate of drug-likeness (QED) is 0.733. The first-order valence-electron chi connectivity index (χ1n) is 8.96. The van der Waals surface area contributed by atoms with Crippen LogP contribution in [-0.4, -0.2) is 35.7 Å². The first kappa shape index (κ1) is 18.2. The van der Waals surface area contributed by atoms with Crippen molar-refractivity contribution in [1.29, 1.82) is 0 Å². The maximum atomic E-state index is 13.7. The zero-order valence-corrected chi connectivity index (χ0v) is 15.1. The Hall–Kier alpha value is -3.19. The van der Waals surface area contributed by atoms with Crippen LogP contribution in [0, 0.1) is 5.82 Å². The lowest BCUT2D eigenvalue weighted by Gasteiger charge is -2.24. The fourth-order valence-electron chi connectivity index (χ4n) is 3.59. The number of amides is 1. The Morgan fingerprint density at radius 3 is 2.61 bits per heavy atom. The van der Waals surface area contributed by atoms with Crippen LogP contribution in [0.5, 0.6) is 5.75 Å². The number of carbonyl (C=O) groups is 1. The summed E-state index contributed by atoms with van der Waals surface area (Å²) in [6, 6.07) is 9.91. The Morgan fingerprint density at radius 1 is 1.18 bits per heavy atom. The van der Waals surface area contributed by atoms with Gasteiger partial charge in [-0.2, -0.15) is 0 Å². The van der Waals surface area contributed by atoms with Crippen molar-refractivity contribution < 1.29 is 23.4 Å². The van der Waals surface area contributed by atoms with Crippen molar-refractivity contribution in [2.75, 3.05) is 19.8 Å². The standard InChI is InChI=1S/C21H18FNO5/c1-2-27-14-6-3-12(4-7-14)18-17-19(25)15-11-13(22)5-8-16(15)28-20(17)21(26)23(18)9-10-24/h3-8,11,18,24H,2,9-10H2,1H3. The Morgan fingerprint density at radius 2 is 1.93 bits per heavy atom. The van der Waals surface area contributed by atoms with E-state index in [9.17, 15) is 19.1 Å². The molecule has 28 heavy (non-hydrogen) atoms. The monoisotopic (exact) mass is 383 g/mol. The van der Waals surface area contributed by atoms with E-state index in [0.717, 1.165) is 6.07 Å². The number of rotatable bonds is 5. The van der Waals surface area contributed by atoms with Gasteiger partial charge in [-0.1, -0.05) is 12.1 Å². The molecule has 0 saturated heterocycles. The average molecular weight is 383 g/mol. The molecule has 1 aromatic heterocycles. The third kappa shape index (κ3) is 2.84. The van der Waals surface area contributed by atoms with Gasteiger partial charge in [0.05, 0.1) is 30.2 Å². The van der Waals surface area contributed by atoms with Crippen molar-refractivity contribution in [3.63, 3.8) is 0 Å². The number of halogens is 1. The van der Waals surface area contributed by atoms with Gasteiger partial charge in [-0.15, -0.1) is 0 Å². The van der Waals surface area contributed by atoms with Gasteiger partial charge in [-0.05, 0) is 42.8 Å². The molecule has 144 valence electrons. The topological polar surface area (TPSA) is 80.0 Å². The molecule has 2 heterocycles. The Balaban J connectivity index is 1.92. The van der Waals surface area contributed by atoms with E-state index in [-0.39, 0.29) is 35.4 Å². The van der Waals surface area contributed by atoms with Gasteiger partial charge in [0.15, 0.2) is 5.43 Å². The molecular weight excluding hydrogens is 365 g/mol. The minimum atomic E-state index is -0.728. The van der Waals surface area contributed by atoms with Gasteiger partial charge < -0.3 is 19.2 Å². The molecule has 1 atom stereocenters. The fraction of sp³-hybridized carbons (Fsp3) is 0.238. The van der Waals surface area contributed by atoms with Crippen LogP contribution in [-0.2, 0) is 0 Å². The fourth-order valence-corrected chi connectivity index (χ4v) is 3.59. The first-order chi connectivity index (χ1) is 13.5. The molecule has 0 spiro atoms. The largest absolute Gasteiger partial charge is 0.494 e. The Bertz CT molecular complexity index is 1110. The highest BCUT2D eigenvalue weighted by atomic mass is 19.1. The number of aliphatic hydroxyl groups excluding tert-OH is 1. The number of fused-ring (bicyclic) bond motifs is 2. The molecule has 6 nitrogen and oxygen atoms in total. The number of ether oxygens (including phenoxy) is 1. The zero-order chi connectivity index (χ0) is 19.8. The van der Waals surface area contributed by atoms with Gasteiger partial charge in [-0.25, -0.2) is 4.39 Å². The summed E-state index contributed by atoms with van der Waals surface area (Å²) < 4.78 is 24.8. The molecule has 0 radical (unpaired) electrons. The molecular formula is C21H18FNO5. The van der Waals surface area contributed by atoms with Gasteiger partial charge in [0.2, 0.25) is 5.76 Å². The van der Waals surface area contributed by atoms with Crippen molar-refractivity contribution >= 4 is 16.9 Å². The van der Waals surface area contributed by atoms with Crippen LogP contribution in [0.15, 0.2) is 51.7 Å². The Kier molecular flexibility index (Phi) is 4.60. The normalized spacial score (nSPS) is 15.9. The number of hydrogen-bond donors (Lipinski definition) is 1. The number of aliphatic hydroxyl groups is 1. The summed E-state index contributed by atoms with van der Waals surface area (Å²) in [4.78, 5) is 27.4. The molecule has 2 aromatic carbocycles. The summed E-state index contributed by atoms with van der Waals surface area (Å²) in [6.07, 6.45) is 0. The van der Waals surface area contributed by atoms with Crippen molar-refractivity contribution in [1.82, 2.24) is 4.90 Å². The number of nitrogens with zero attached hydrogens (tertiary/aromatic N) is 1. The van der Waals surface area contributed by atoms with E-state index >= 15 is 0 Å². The molecule has 1 aliphatic heterocycles. The molecule has 0 saturated carbocycles. The van der Waals surface area contributed by atoms with E-state index in [4.69, 9.17) is 9.15 Å². The van der Waals surface area contributed by atoms with E-state index in [1.165, 1.54) is 17.0 Å². The van der Waals surface area contributed by atoms with E-state index in [1.54, 1.807) is 24.3 Å². The van der Waals surface area contributed by atoms with Crippen LogP contribution >= 0.6 is 0 Å². The van der Waals surface area contributed by atoms with Crippen LogP contribution in [0.3, 0.4) is 0 Å². The molecule has 0 bridgehead atoms. The Labute approximate surface area is 159 Å². The molecule has 1 unspecified atom stereocenters. The van der Waals surface area contributed by atoms with E-state index < -0.39 is 23.2 Å². The maximum absolute atomic E-state index is 13.7. The third-order valence-electron chi connectivity index (χ3n) is 4.78. The average Bonchev–Trinajstić information content (AvgIpc) is 2.96. The molecule has 1 N–H and O–H groups in total. The number of β-amino-alcohol motifs (C(OH)–C–C–N with tert-alkyl or cyclic N) is 1. The zero-order valence-electron chi connectivity index (χ0n) is 15.1. The van der Waals surface area contributed by atoms with Gasteiger partial charge in [0.25, 0.3) is 5.91 Å². The van der Waals surface area contributed by atoms with Gasteiger partial charge in [0, 0.05) is 6.54 Å². The lowest BCUT2D eigenvalue weighted by atomic mass is 9.98. The number of benzene rings is 2. The van der Waals surface area contributed by atoms with Crippen molar-refractivity contribution in [3.05, 3.63) is 75.4 Å². The SMILES string of the molecule is CCOc1ccc(C2c3c(oc4ccc(F)cc4c3=O)C(=O)N2CCO)cc1. The minimum absolute atomic E-state index is 0.0328. The third-order valence-corrected chi connectivity index (χ3v) is 4.78. The van der Waals surface area contributed by atoms with Crippen LogP contribution in [0.1, 0.15) is 34.6 Å². The van der Waals surface area contributed by atoms with Gasteiger partial charge in [-0.3, -0.25) is 9.59 Å². The molecule has 0 fully saturated rings. The summed E-state index contributed by atoms with van der Waals surface area (Å²) >= 11 is 0. The summed E-state index contributed by atoms with van der Waals surface area (Å²) in [7, 11) is 0. The molecule has 7 heteroatoms. The van der Waals surface area contributed by atoms with Crippen LogP contribution in [0.2, 0.25) is 0 Å². The summed E-state index contributed by atoms with van der Waals surface area (Å²) in [6.45, 7) is 2.15. The van der Waals surface area contributed by atoms with Crippen LogP contribution in [0.25, 0.3) is 11.0 Å². The highest BCUT2D eigenvalue weighted by Gasteiger charge is 2.42. The smallest absolute Gasteiger partial charge is 0.290 e. The van der Waals surface area contributed by atoms with Crippen LogP contribution < -0.4 is 10.2 Å². The second kappa shape index (κ2) is 7.09. The molecule has 1 amide bonds. The highest BCUT2D eigenvalue weighted by Crippen LogP contribution is 2.38. The maximum Gasteiger partial charge on any atom is 0.290 e. The van der Waals surface area contributed by atoms with Gasteiger partial charge >= 0.3 is 0 Å². The van der Waals surface area contributed by atoms with Crippen molar-refractivity contribution in [2.45, 2.75) is 13.0 Å².